The van der Waals surface area contributed by atoms with Crippen molar-refractivity contribution >= 4 is 33.3 Å². The van der Waals surface area contributed by atoms with Gasteiger partial charge in [0.1, 0.15) is 24.8 Å². The minimum Gasteiger partial charge on any atom is -0.460 e. The summed E-state index contributed by atoms with van der Waals surface area (Å²) in [6, 6.07) is 8.43. The van der Waals surface area contributed by atoms with Crippen molar-refractivity contribution in [2.75, 3.05) is 11.9 Å². The number of aryl methyl sites for hydroxylation is 1. The number of nitrogens with zero attached hydrogens (tertiary/aromatic N) is 4. The Bertz CT molecular complexity index is 1330. The minimum atomic E-state index is -4.18. The molecule has 1 aliphatic heterocycles. The Balaban J connectivity index is 1.39. The van der Waals surface area contributed by atoms with E-state index in [1.54, 1.807) is 10.9 Å². The van der Waals surface area contributed by atoms with E-state index in [-0.39, 0.29) is 19.1 Å². The van der Waals surface area contributed by atoms with Crippen LogP contribution in [0.2, 0.25) is 0 Å². The second kappa shape index (κ2) is 8.91. The molecule has 0 unspecified atom stereocenters. The molecule has 3 N–H and O–H groups in total. The van der Waals surface area contributed by atoms with E-state index >= 15 is 0 Å². The fourth-order valence-corrected chi connectivity index (χ4v) is 4.88. The molecule has 0 saturated carbocycles. The Morgan fingerprint density at radius 3 is 2.91 bits per heavy atom. The van der Waals surface area contributed by atoms with E-state index in [0.717, 1.165) is 12.8 Å². The standard InChI is InChI=1S/C21H24N6O6S/c1-12(28)32-16-8-18(33-17(16)9-31-34(22,29)30)27-11-25-19-20(23-10-24-21(19)27)26-15-7-6-13-4-2-3-5-14(13)15/h2-5,10-11,15-18H,6-9H2,1H3,(H2,22,29,30)(H,23,24,26)/t15-,16-,17-,18+/m0/s1. The lowest BCUT2D eigenvalue weighted by Gasteiger charge is -2.17. The highest BCUT2D eigenvalue weighted by Gasteiger charge is 2.40. The SMILES string of the molecule is CC(=O)O[C@H]1C[C@H](n2cnc3c(N[C@H]4CCc5ccccc54)ncnc32)O[C@H]1COS(N)(=O)=O. The molecule has 5 rings (SSSR count). The molecule has 3 aromatic rings. The van der Waals surface area contributed by atoms with Gasteiger partial charge in [0.15, 0.2) is 17.0 Å². The Labute approximate surface area is 195 Å². The Kier molecular flexibility index (Phi) is 5.93. The minimum absolute atomic E-state index is 0.121. The number of nitrogens with one attached hydrogen (secondary N) is 1. The van der Waals surface area contributed by atoms with Gasteiger partial charge in [-0.1, -0.05) is 24.3 Å². The maximum Gasteiger partial charge on any atom is 0.333 e. The van der Waals surface area contributed by atoms with Crippen LogP contribution in [-0.4, -0.2) is 52.7 Å². The summed E-state index contributed by atoms with van der Waals surface area (Å²) in [7, 11) is -4.18. The molecule has 3 heterocycles. The third-order valence-corrected chi connectivity index (χ3v) is 6.47. The molecular weight excluding hydrogens is 464 g/mol. The van der Waals surface area contributed by atoms with Crippen LogP contribution in [0.1, 0.15) is 43.2 Å². The summed E-state index contributed by atoms with van der Waals surface area (Å²) < 4.78 is 40.1. The van der Waals surface area contributed by atoms with Crippen LogP contribution in [-0.2, 0) is 35.2 Å². The van der Waals surface area contributed by atoms with E-state index in [1.165, 1.54) is 24.4 Å². The number of carbonyl (C=O) groups is 1. The van der Waals surface area contributed by atoms with Gasteiger partial charge in [0, 0.05) is 13.3 Å². The third-order valence-electron chi connectivity index (χ3n) is 6.01. The van der Waals surface area contributed by atoms with Crippen molar-refractivity contribution in [1.29, 1.82) is 0 Å². The fraction of sp³-hybridized carbons (Fsp3) is 0.429. The Hall–Kier alpha value is -3.13. The number of hydrogen-bond acceptors (Lipinski definition) is 10. The second-order valence-electron chi connectivity index (χ2n) is 8.27. The van der Waals surface area contributed by atoms with Crippen LogP contribution < -0.4 is 10.5 Å². The first-order valence-electron chi connectivity index (χ1n) is 10.8. The number of aromatic nitrogens is 4. The molecule has 0 radical (unpaired) electrons. The fourth-order valence-electron chi connectivity index (χ4n) is 4.56. The lowest BCUT2D eigenvalue weighted by Crippen LogP contribution is -2.32. The van der Waals surface area contributed by atoms with Gasteiger partial charge in [0.2, 0.25) is 0 Å². The van der Waals surface area contributed by atoms with Crippen molar-refractivity contribution in [2.24, 2.45) is 5.14 Å². The highest BCUT2D eigenvalue weighted by molar-refractivity contribution is 7.84. The number of imidazole rings is 1. The normalized spacial score (nSPS) is 24.3. The summed E-state index contributed by atoms with van der Waals surface area (Å²) in [6.45, 7) is 0.882. The van der Waals surface area contributed by atoms with Crippen LogP contribution in [0.4, 0.5) is 5.82 Å². The summed E-state index contributed by atoms with van der Waals surface area (Å²) in [5, 5.41) is 8.41. The summed E-state index contributed by atoms with van der Waals surface area (Å²) in [4.78, 5) is 24.8. The first-order chi connectivity index (χ1) is 16.3. The van der Waals surface area contributed by atoms with Crippen LogP contribution >= 0.6 is 0 Å². The lowest BCUT2D eigenvalue weighted by molar-refractivity contribution is -0.150. The maximum atomic E-state index is 11.5. The maximum absolute atomic E-state index is 11.5. The van der Waals surface area contributed by atoms with E-state index in [2.05, 4.69) is 36.6 Å². The molecule has 180 valence electrons. The lowest BCUT2D eigenvalue weighted by atomic mass is 10.1. The van der Waals surface area contributed by atoms with Crippen molar-refractivity contribution in [2.45, 2.75) is 50.7 Å². The van der Waals surface area contributed by atoms with Gasteiger partial charge in [-0.2, -0.15) is 8.42 Å². The Morgan fingerprint density at radius 2 is 2.12 bits per heavy atom. The molecule has 1 saturated heterocycles. The molecule has 13 heteroatoms. The van der Waals surface area contributed by atoms with Gasteiger partial charge >= 0.3 is 16.3 Å². The highest BCUT2D eigenvalue weighted by Crippen LogP contribution is 2.36. The van der Waals surface area contributed by atoms with Crippen molar-refractivity contribution in [3.05, 3.63) is 48.0 Å². The van der Waals surface area contributed by atoms with Crippen molar-refractivity contribution in [3.8, 4) is 0 Å². The van der Waals surface area contributed by atoms with Crippen molar-refractivity contribution < 1.29 is 26.9 Å². The second-order valence-corrected chi connectivity index (χ2v) is 9.49. The predicted molar refractivity (Wildman–Crippen MR) is 120 cm³/mol. The average Bonchev–Trinajstić information content (AvgIpc) is 3.49. The molecule has 12 nitrogen and oxygen atoms in total. The number of ether oxygens (including phenoxy) is 2. The zero-order chi connectivity index (χ0) is 23.9. The number of nitrogens with two attached hydrogens (primary N) is 1. The van der Waals surface area contributed by atoms with Gasteiger partial charge in [-0.05, 0) is 24.0 Å². The number of carbonyl (C=O) groups excluding carboxylic acids is 1. The zero-order valence-electron chi connectivity index (χ0n) is 18.3. The third kappa shape index (κ3) is 4.59. The molecular formula is C21H24N6O6S. The molecule has 1 aliphatic carbocycles. The van der Waals surface area contributed by atoms with E-state index in [1.807, 2.05) is 12.1 Å². The molecule has 1 aromatic carbocycles. The van der Waals surface area contributed by atoms with Crippen molar-refractivity contribution in [1.82, 2.24) is 19.5 Å². The molecule has 0 bridgehead atoms. The highest BCUT2D eigenvalue weighted by atomic mass is 32.2. The summed E-state index contributed by atoms with van der Waals surface area (Å²) >= 11 is 0. The number of fused-ring (bicyclic) bond motifs is 2. The van der Waals surface area contributed by atoms with Crippen LogP contribution in [0.15, 0.2) is 36.9 Å². The average molecular weight is 489 g/mol. The van der Waals surface area contributed by atoms with Gasteiger partial charge in [-0.25, -0.2) is 20.1 Å². The van der Waals surface area contributed by atoms with E-state index in [4.69, 9.17) is 14.6 Å². The predicted octanol–water partition coefficient (Wildman–Crippen LogP) is 1.36. The van der Waals surface area contributed by atoms with Gasteiger partial charge in [-0.3, -0.25) is 13.5 Å². The summed E-state index contributed by atoms with van der Waals surface area (Å²) in [5.74, 6) is 0.0881. The summed E-state index contributed by atoms with van der Waals surface area (Å²) in [6.07, 6.45) is 3.05. The van der Waals surface area contributed by atoms with Gasteiger partial charge < -0.3 is 14.8 Å². The zero-order valence-corrected chi connectivity index (χ0v) is 19.1. The molecule has 34 heavy (non-hydrogen) atoms. The van der Waals surface area contributed by atoms with Gasteiger partial charge in [-0.15, -0.1) is 0 Å². The first kappa shape index (κ1) is 22.7. The summed E-state index contributed by atoms with van der Waals surface area (Å²) in [5.41, 5.74) is 3.67. The number of anilines is 1. The Morgan fingerprint density at radius 1 is 1.29 bits per heavy atom. The number of rotatable bonds is 7. The number of benzene rings is 1. The number of hydrogen-bond donors (Lipinski definition) is 2. The molecule has 2 aromatic heterocycles. The monoisotopic (exact) mass is 488 g/mol. The first-order valence-corrected chi connectivity index (χ1v) is 12.3. The van der Waals surface area contributed by atoms with Crippen LogP contribution in [0, 0.1) is 0 Å². The van der Waals surface area contributed by atoms with Crippen molar-refractivity contribution in [3.63, 3.8) is 0 Å². The largest absolute Gasteiger partial charge is 0.460 e. The van der Waals surface area contributed by atoms with E-state index in [0.29, 0.717) is 17.0 Å². The molecule has 4 atom stereocenters. The van der Waals surface area contributed by atoms with E-state index < -0.39 is 34.7 Å². The van der Waals surface area contributed by atoms with Gasteiger partial charge in [0.05, 0.1) is 19.0 Å². The number of esters is 1. The van der Waals surface area contributed by atoms with Gasteiger partial charge in [0.25, 0.3) is 0 Å². The van der Waals surface area contributed by atoms with Crippen LogP contribution in [0.5, 0.6) is 0 Å². The quantitative estimate of drug-likeness (QED) is 0.465. The topological polar surface area (TPSA) is 161 Å². The van der Waals surface area contributed by atoms with E-state index in [9.17, 15) is 13.2 Å². The van der Waals surface area contributed by atoms with Crippen LogP contribution in [0.25, 0.3) is 11.2 Å². The molecule has 1 fully saturated rings. The smallest absolute Gasteiger partial charge is 0.333 e. The van der Waals surface area contributed by atoms with Crippen LogP contribution in [0.3, 0.4) is 0 Å². The molecule has 0 amide bonds. The molecule has 0 spiro atoms. The molecule has 2 aliphatic rings.